The summed E-state index contributed by atoms with van der Waals surface area (Å²) in [5.41, 5.74) is 1.07. The molecule has 1 saturated carbocycles. The average Bonchev–Trinajstić information content (AvgIpc) is 3.09. The standard InChI is InChI=1S/C16H22N2O2S2/c1-22(19,20)15-9-4-7-13(15)17-11-5-10-16-18-12-6-2-3-8-14(12)21-16/h2-3,6,8,13,15,17H,4-5,7,9-11H2,1H3/t13-,15-/m1/s1. The number of rotatable bonds is 6. The minimum Gasteiger partial charge on any atom is -0.313 e. The maximum Gasteiger partial charge on any atom is 0.151 e. The smallest absolute Gasteiger partial charge is 0.151 e. The SMILES string of the molecule is CS(=O)(=O)[C@@H]1CCC[C@H]1NCCCc1nc2ccccc2s1. The summed E-state index contributed by atoms with van der Waals surface area (Å²) in [5, 5.41) is 4.40. The summed E-state index contributed by atoms with van der Waals surface area (Å²) in [6, 6.07) is 8.33. The fourth-order valence-corrected chi connectivity index (χ4v) is 5.66. The first-order valence-electron chi connectivity index (χ1n) is 7.81. The van der Waals surface area contributed by atoms with E-state index in [4.69, 9.17) is 0 Å². The van der Waals surface area contributed by atoms with Gasteiger partial charge in [-0.3, -0.25) is 0 Å². The van der Waals surface area contributed by atoms with Crippen molar-refractivity contribution < 1.29 is 8.42 Å². The fraction of sp³-hybridized carbons (Fsp3) is 0.562. The molecule has 4 nitrogen and oxygen atoms in total. The van der Waals surface area contributed by atoms with Crippen LogP contribution in [0.1, 0.15) is 30.7 Å². The molecule has 1 aliphatic carbocycles. The van der Waals surface area contributed by atoms with Gasteiger partial charge >= 0.3 is 0 Å². The minimum atomic E-state index is -2.93. The third kappa shape index (κ3) is 3.67. The van der Waals surface area contributed by atoms with Gasteiger partial charge in [0.15, 0.2) is 9.84 Å². The summed E-state index contributed by atoms with van der Waals surface area (Å²) in [5.74, 6) is 0. The van der Waals surface area contributed by atoms with Crippen LogP contribution in [-0.2, 0) is 16.3 Å². The molecule has 1 heterocycles. The van der Waals surface area contributed by atoms with Crippen LogP contribution in [0, 0.1) is 0 Å². The number of benzene rings is 1. The fourth-order valence-electron chi connectivity index (χ4n) is 3.23. The summed E-state index contributed by atoms with van der Waals surface area (Å²) in [6.07, 6.45) is 6.08. The highest BCUT2D eigenvalue weighted by molar-refractivity contribution is 7.91. The third-order valence-corrected chi connectivity index (χ3v) is 7.07. The Morgan fingerprint density at radius 3 is 2.91 bits per heavy atom. The third-order valence-electron chi connectivity index (χ3n) is 4.31. The molecule has 0 radical (unpaired) electrons. The van der Waals surface area contributed by atoms with Gasteiger partial charge in [-0.05, 0) is 37.9 Å². The predicted molar refractivity (Wildman–Crippen MR) is 92.2 cm³/mol. The first-order chi connectivity index (χ1) is 10.5. The van der Waals surface area contributed by atoms with Gasteiger partial charge in [0.25, 0.3) is 0 Å². The normalized spacial score (nSPS) is 22.4. The number of fused-ring (bicyclic) bond motifs is 1. The highest BCUT2D eigenvalue weighted by atomic mass is 32.2. The Morgan fingerprint density at radius 1 is 1.32 bits per heavy atom. The maximum atomic E-state index is 11.7. The summed E-state index contributed by atoms with van der Waals surface area (Å²) >= 11 is 1.75. The van der Waals surface area contributed by atoms with Gasteiger partial charge in [0.05, 0.1) is 20.5 Å². The molecule has 0 unspecified atom stereocenters. The lowest BCUT2D eigenvalue weighted by Gasteiger charge is -2.19. The van der Waals surface area contributed by atoms with E-state index < -0.39 is 9.84 Å². The van der Waals surface area contributed by atoms with E-state index >= 15 is 0 Å². The van der Waals surface area contributed by atoms with Crippen molar-refractivity contribution in [3.8, 4) is 0 Å². The number of aryl methyl sites for hydroxylation is 1. The molecule has 1 aromatic carbocycles. The number of para-hydroxylation sites is 1. The first-order valence-corrected chi connectivity index (χ1v) is 10.6. The van der Waals surface area contributed by atoms with Gasteiger partial charge < -0.3 is 5.32 Å². The summed E-state index contributed by atoms with van der Waals surface area (Å²) in [4.78, 5) is 4.63. The predicted octanol–water partition coefficient (Wildman–Crippen LogP) is 2.78. The molecule has 0 saturated heterocycles. The van der Waals surface area contributed by atoms with Crippen LogP contribution >= 0.6 is 11.3 Å². The second kappa shape index (κ2) is 6.64. The first kappa shape index (κ1) is 15.9. The Kier molecular flexibility index (Phi) is 4.80. The summed E-state index contributed by atoms with van der Waals surface area (Å²) in [7, 11) is -2.93. The van der Waals surface area contributed by atoms with E-state index in [1.165, 1.54) is 11.0 Å². The lowest BCUT2D eigenvalue weighted by Crippen LogP contribution is -2.40. The van der Waals surface area contributed by atoms with Crippen LogP contribution in [-0.4, -0.2) is 37.5 Å². The van der Waals surface area contributed by atoms with Crippen LogP contribution in [0.4, 0.5) is 0 Å². The highest BCUT2D eigenvalue weighted by Crippen LogP contribution is 2.25. The monoisotopic (exact) mass is 338 g/mol. The van der Waals surface area contributed by atoms with Crippen LogP contribution in [0.25, 0.3) is 10.2 Å². The van der Waals surface area contributed by atoms with E-state index in [2.05, 4.69) is 16.4 Å². The highest BCUT2D eigenvalue weighted by Gasteiger charge is 2.34. The Hall–Kier alpha value is -0.980. The largest absolute Gasteiger partial charge is 0.313 e. The molecule has 1 aliphatic rings. The molecule has 1 fully saturated rings. The molecule has 6 heteroatoms. The number of thiazole rings is 1. The van der Waals surface area contributed by atoms with Crippen LogP contribution in [0.2, 0.25) is 0 Å². The van der Waals surface area contributed by atoms with Crippen LogP contribution in [0.15, 0.2) is 24.3 Å². The number of sulfone groups is 1. The van der Waals surface area contributed by atoms with E-state index in [0.717, 1.165) is 49.2 Å². The molecule has 1 aromatic heterocycles. The Labute approximate surface area is 135 Å². The van der Waals surface area contributed by atoms with E-state index in [-0.39, 0.29) is 11.3 Å². The van der Waals surface area contributed by atoms with E-state index in [1.54, 1.807) is 11.3 Å². The van der Waals surface area contributed by atoms with E-state index in [1.807, 2.05) is 18.2 Å². The maximum absolute atomic E-state index is 11.7. The van der Waals surface area contributed by atoms with Crippen molar-refractivity contribution in [2.45, 2.75) is 43.4 Å². The Bertz CT molecular complexity index is 706. The van der Waals surface area contributed by atoms with Crippen LogP contribution in [0.5, 0.6) is 0 Å². The molecular formula is C16H22N2O2S2. The number of hydrogen-bond acceptors (Lipinski definition) is 5. The molecule has 22 heavy (non-hydrogen) atoms. The van der Waals surface area contributed by atoms with Crippen molar-refractivity contribution in [3.63, 3.8) is 0 Å². The van der Waals surface area contributed by atoms with Crippen molar-refractivity contribution in [3.05, 3.63) is 29.3 Å². The van der Waals surface area contributed by atoms with Gasteiger partial charge in [-0.2, -0.15) is 0 Å². The molecule has 3 rings (SSSR count). The van der Waals surface area contributed by atoms with Gasteiger partial charge in [0.1, 0.15) is 0 Å². The van der Waals surface area contributed by atoms with Crippen LogP contribution in [0.3, 0.4) is 0 Å². The Balaban J connectivity index is 1.49. The Morgan fingerprint density at radius 2 is 2.14 bits per heavy atom. The zero-order valence-corrected chi connectivity index (χ0v) is 14.4. The van der Waals surface area contributed by atoms with Gasteiger partial charge in [-0.25, -0.2) is 13.4 Å². The van der Waals surface area contributed by atoms with Crippen molar-refractivity contribution in [2.24, 2.45) is 0 Å². The molecular weight excluding hydrogens is 316 g/mol. The quantitative estimate of drug-likeness (QED) is 0.823. The van der Waals surface area contributed by atoms with Gasteiger partial charge in [-0.1, -0.05) is 18.6 Å². The van der Waals surface area contributed by atoms with Crippen LogP contribution < -0.4 is 5.32 Å². The van der Waals surface area contributed by atoms with Gasteiger partial charge in [0, 0.05) is 18.7 Å². The molecule has 2 aromatic rings. The number of hydrogen-bond donors (Lipinski definition) is 1. The zero-order chi connectivity index (χ0) is 15.6. The van der Waals surface area contributed by atoms with Crippen molar-refractivity contribution >= 4 is 31.4 Å². The molecule has 1 N–H and O–H groups in total. The topological polar surface area (TPSA) is 59.1 Å². The average molecular weight is 338 g/mol. The van der Waals surface area contributed by atoms with Gasteiger partial charge in [0.2, 0.25) is 0 Å². The van der Waals surface area contributed by atoms with E-state index in [9.17, 15) is 8.42 Å². The second-order valence-electron chi connectivity index (χ2n) is 6.04. The number of nitrogens with one attached hydrogen (secondary N) is 1. The molecule has 0 amide bonds. The molecule has 0 spiro atoms. The summed E-state index contributed by atoms with van der Waals surface area (Å²) < 4.78 is 24.7. The van der Waals surface area contributed by atoms with Crippen molar-refractivity contribution in [1.29, 1.82) is 0 Å². The lowest BCUT2D eigenvalue weighted by atomic mass is 10.2. The molecule has 120 valence electrons. The molecule has 0 aliphatic heterocycles. The van der Waals surface area contributed by atoms with Crippen molar-refractivity contribution in [1.82, 2.24) is 10.3 Å². The zero-order valence-electron chi connectivity index (χ0n) is 12.8. The summed E-state index contributed by atoms with van der Waals surface area (Å²) in [6.45, 7) is 0.854. The second-order valence-corrected chi connectivity index (χ2v) is 9.42. The number of aromatic nitrogens is 1. The number of nitrogens with zero attached hydrogens (tertiary/aromatic N) is 1. The lowest BCUT2D eigenvalue weighted by molar-refractivity contribution is 0.501. The minimum absolute atomic E-state index is 0.130. The molecule has 2 atom stereocenters. The molecule has 0 bridgehead atoms. The van der Waals surface area contributed by atoms with Crippen molar-refractivity contribution in [2.75, 3.05) is 12.8 Å². The van der Waals surface area contributed by atoms with E-state index in [0.29, 0.717) is 0 Å². The van der Waals surface area contributed by atoms with Gasteiger partial charge in [-0.15, -0.1) is 11.3 Å².